The van der Waals surface area contributed by atoms with Gasteiger partial charge < -0.3 is 9.64 Å². The van der Waals surface area contributed by atoms with Crippen LogP contribution in [0.25, 0.3) is 0 Å². The van der Waals surface area contributed by atoms with Gasteiger partial charge in [0.1, 0.15) is 11.4 Å². The molecule has 2 atom stereocenters. The number of hydrogen-bond acceptors (Lipinski definition) is 3. The molecule has 154 valence electrons. The fourth-order valence-electron chi connectivity index (χ4n) is 4.14. The molecule has 4 nitrogen and oxygen atoms in total. The Hall–Kier alpha value is -2.12. The van der Waals surface area contributed by atoms with Crippen LogP contribution in [0.15, 0.2) is 18.2 Å². The minimum Gasteiger partial charge on any atom is -0.444 e. The SMILES string of the molecule is CC(C)(C)OC(=O)N1C2CCC1CC(C(=O)c1cc(F)cc(C(F)(F)F)c1)C2. The number of piperidine rings is 1. The molecule has 2 unspecified atom stereocenters. The molecule has 2 aliphatic heterocycles. The minimum atomic E-state index is -4.73. The maximum atomic E-state index is 13.7. The summed E-state index contributed by atoms with van der Waals surface area (Å²) in [5, 5.41) is 0. The molecule has 2 heterocycles. The summed E-state index contributed by atoms with van der Waals surface area (Å²) in [6.45, 7) is 5.31. The predicted molar refractivity (Wildman–Crippen MR) is 93.3 cm³/mol. The van der Waals surface area contributed by atoms with Gasteiger partial charge >= 0.3 is 12.3 Å². The molecule has 2 fully saturated rings. The lowest BCUT2D eigenvalue weighted by molar-refractivity contribution is -0.137. The van der Waals surface area contributed by atoms with Crippen LogP contribution >= 0.6 is 0 Å². The van der Waals surface area contributed by atoms with Gasteiger partial charge in [-0.05, 0) is 64.7 Å². The molecule has 0 aliphatic carbocycles. The van der Waals surface area contributed by atoms with Crippen molar-refractivity contribution in [2.75, 3.05) is 0 Å². The standard InChI is InChI=1S/C20H23F4NO3/c1-19(2,3)28-18(27)25-15-4-5-16(25)9-12(8-15)17(26)11-6-13(20(22,23)24)10-14(21)7-11/h6-7,10,12,15-16H,4-5,8-9H2,1-3H3. The molecule has 0 radical (unpaired) electrons. The number of nitrogens with zero attached hydrogens (tertiary/aromatic N) is 1. The number of fused-ring (bicyclic) bond motifs is 2. The van der Waals surface area contributed by atoms with Crippen molar-refractivity contribution in [1.82, 2.24) is 4.90 Å². The van der Waals surface area contributed by atoms with Crippen molar-refractivity contribution < 1.29 is 31.9 Å². The lowest BCUT2D eigenvalue weighted by atomic mass is 9.84. The van der Waals surface area contributed by atoms with Gasteiger partial charge in [-0.3, -0.25) is 4.79 Å². The summed E-state index contributed by atoms with van der Waals surface area (Å²) in [4.78, 5) is 26.9. The third-order valence-corrected chi connectivity index (χ3v) is 5.22. The number of rotatable bonds is 2. The van der Waals surface area contributed by atoms with Crippen LogP contribution in [0.3, 0.4) is 0 Å². The van der Waals surface area contributed by atoms with Crippen molar-refractivity contribution in [3.8, 4) is 0 Å². The van der Waals surface area contributed by atoms with Crippen LogP contribution < -0.4 is 0 Å². The Morgan fingerprint density at radius 1 is 1.04 bits per heavy atom. The highest BCUT2D eigenvalue weighted by molar-refractivity contribution is 5.98. The van der Waals surface area contributed by atoms with Gasteiger partial charge in [0.05, 0.1) is 5.56 Å². The van der Waals surface area contributed by atoms with E-state index in [0.717, 1.165) is 6.07 Å². The molecule has 0 aromatic heterocycles. The van der Waals surface area contributed by atoms with Gasteiger partial charge in [0.15, 0.2) is 5.78 Å². The highest BCUT2D eigenvalue weighted by Gasteiger charge is 2.46. The van der Waals surface area contributed by atoms with Gasteiger partial charge in [-0.25, -0.2) is 9.18 Å². The fraction of sp³-hybridized carbons (Fsp3) is 0.600. The Morgan fingerprint density at radius 3 is 2.11 bits per heavy atom. The summed E-state index contributed by atoms with van der Waals surface area (Å²) in [6.07, 6.45) is -3.05. The Kier molecular flexibility index (Phi) is 5.18. The normalized spacial score (nSPS) is 25.0. The van der Waals surface area contributed by atoms with E-state index in [1.165, 1.54) is 0 Å². The third-order valence-electron chi connectivity index (χ3n) is 5.22. The second kappa shape index (κ2) is 7.04. The van der Waals surface area contributed by atoms with E-state index >= 15 is 0 Å². The van der Waals surface area contributed by atoms with Gasteiger partial charge in [0.2, 0.25) is 0 Å². The van der Waals surface area contributed by atoms with E-state index in [1.807, 2.05) is 0 Å². The Morgan fingerprint density at radius 2 is 1.61 bits per heavy atom. The number of ketones is 1. The summed E-state index contributed by atoms with van der Waals surface area (Å²) in [5.41, 5.74) is -2.09. The number of hydrogen-bond donors (Lipinski definition) is 0. The molecule has 2 aliphatic rings. The number of carbonyl (C=O) groups excluding carboxylic acids is 2. The van der Waals surface area contributed by atoms with Crippen LogP contribution in [-0.2, 0) is 10.9 Å². The second-order valence-corrected chi connectivity index (χ2v) is 8.53. The van der Waals surface area contributed by atoms with E-state index in [-0.39, 0.29) is 17.6 Å². The van der Waals surface area contributed by atoms with Crippen LogP contribution in [0, 0.1) is 11.7 Å². The van der Waals surface area contributed by atoms with Crippen LogP contribution in [0.5, 0.6) is 0 Å². The van der Waals surface area contributed by atoms with Crippen molar-refractivity contribution in [1.29, 1.82) is 0 Å². The maximum absolute atomic E-state index is 13.7. The van der Waals surface area contributed by atoms with Crippen molar-refractivity contribution in [2.45, 2.75) is 70.3 Å². The van der Waals surface area contributed by atoms with Crippen LogP contribution in [0.1, 0.15) is 62.4 Å². The number of alkyl halides is 3. The van der Waals surface area contributed by atoms with Crippen molar-refractivity contribution >= 4 is 11.9 Å². The third kappa shape index (κ3) is 4.31. The highest BCUT2D eigenvalue weighted by atomic mass is 19.4. The van der Waals surface area contributed by atoms with Crippen molar-refractivity contribution in [2.24, 2.45) is 5.92 Å². The van der Waals surface area contributed by atoms with E-state index in [2.05, 4.69) is 0 Å². The topological polar surface area (TPSA) is 46.6 Å². The molecule has 1 aromatic carbocycles. The van der Waals surface area contributed by atoms with E-state index in [0.29, 0.717) is 37.8 Å². The smallest absolute Gasteiger partial charge is 0.416 e. The van der Waals surface area contributed by atoms with Gasteiger partial charge in [0.25, 0.3) is 0 Å². The lowest BCUT2D eigenvalue weighted by Gasteiger charge is -2.39. The molecule has 2 bridgehead atoms. The number of benzene rings is 1. The predicted octanol–water partition coefficient (Wildman–Crippen LogP) is 5.21. The summed E-state index contributed by atoms with van der Waals surface area (Å²) < 4.78 is 57.9. The number of carbonyl (C=O) groups is 2. The zero-order chi connectivity index (χ0) is 20.9. The first-order chi connectivity index (χ1) is 12.8. The molecule has 0 saturated carbocycles. The lowest BCUT2D eigenvalue weighted by Crippen LogP contribution is -2.49. The molecule has 1 aromatic rings. The Labute approximate surface area is 160 Å². The average molecular weight is 401 g/mol. The summed E-state index contributed by atoms with van der Waals surface area (Å²) in [7, 11) is 0. The number of Topliss-reactive ketones (excluding diaryl/α,β-unsaturated/α-hetero) is 1. The minimum absolute atomic E-state index is 0.196. The average Bonchev–Trinajstić information content (AvgIpc) is 2.81. The summed E-state index contributed by atoms with van der Waals surface area (Å²) >= 11 is 0. The van der Waals surface area contributed by atoms with Crippen LogP contribution in [0.2, 0.25) is 0 Å². The van der Waals surface area contributed by atoms with Crippen LogP contribution in [-0.4, -0.2) is 34.5 Å². The maximum Gasteiger partial charge on any atom is 0.416 e. The molecule has 1 amide bonds. The Balaban J connectivity index is 1.77. The van der Waals surface area contributed by atoms with Gasteiger partial charge in [-0.15, -0.1) is 0 Å². The zero-order valence-corrected chi connectivity index (χ0v) is 16.0. The van der Waals surface area contributed by atoms with Crippen molar-refractivity contribution in [3.63, 3.8) is 0 Å². The molecule has 2 saturated heterocycles. The highest BCUT2D eigenvalue weighted by Crippen LogP contribution is 2.41. The fourth-order valence-corrected chi connectivity index (χ4v) is 4.14. The molecular formula is C20H23F4NO3. The first-order valence-electron chi connectivity index (χ1n) is 9.28. The number of ether oxygens (including phenoxy) is 1. The van der Waals surface area contributed by atoms with Crippen LogP contribution in [0.4, 0.5) is 22.4 Å². The van der Waals surface area contributed by atoms with Crippen molar-refractivity contribution in [3.05, 3.63) is 35.1 Å². The largest absolute Gasteiger partial charge is 0.444 e. The first-order valence-corrected chi connectivity index (χ1v) is 9.28. The molecule has 8 heteroatoms. The Bertz CT molecular complexity index is 771. The van der Waals surface area contributed by atoms with E-state index in [1.54, 1.807) is 25.7 Å². The first kappa shape index (κ1) is 20.6. The molecule has 3 rings (SSSR count). The zero-order valence-electron chi connectivity index (χ0n) is 16.0. The number of amides is 1. The van der Waals surface area contributed by atoms with E-state index < -0.39 is 41.0 Å². The summed E-state index contributed by atoms with van der Waals surface area (Å²) in [5.74, 6) is -2.14. The van der Waals surface area contributed by atoms with Gasteiger partial charge in [-0.1, -0.05) is 0 Å². The second-order valence-electron chi connectivity index (χ2n) is 8.53. The molecule has 0 spiro atoms. The van der Waals surface area contributed by atoms with E-state index in [4.69, 9.17) is 4.74 Å². The molecule has 28 heavy (non-hydrogen) atoms. The molecular weight excluding hydrogens is 378 g/mol. The summed E-state index contributed by atoms with van der Waals surface area (Å²) in [6, 6.07) is 1.54. The number of halogens is 4. The quantitative estimate of drug-likeness (QED) is 0.505. The monoisotopic (exact) mass is 401 g/mol. The molecule has 0 N–H and O–H groups in total. The van der Waals surface area contributed by atoms with Gasteiger partial charge in [0, 0.05) is 23.6 Å². The van der Waals surface area contributed by atoms with E-state index in [9.17, 15) is 27.2 Å². The van der Waals surface area contributed by atoms with Gasteiger partial charge in [-0.2, -0.15) is 13.2 Å².